The van der Waals surface area contributed by atoms with Crippen LogP contribution in [0.25, 0.3) is 0 Å². The fourth-order valence-corrected chi connectivity index (χ4v) is 5.99. The van der Waals surface area contributed by atoms with Crippen molar-refractivity contribution in [2.45, 2.75) is 23.7 Å². The standard InChI is InChI=1S/C22H22N4/c1-25-13-11-22-16-8-4-5-9-17(16)23-19(25)21(22)12-14-26(2)20(22)24-18-10-6-3-7-15(18)21/h3-10H,11-14H2,1-2H3. The number of piperidine rings is 2. The molecular weight excluding hydrogens is 320 g/mol. The highest BCUT2D eigenvalue weighted by Gasteiger charge is 2.68. The van der Waals surface area contributed by atoms with Gasteiger partial charge in [0.1, 0.15) is 11.7 Å². The lowest BCUT2D eigenvalue weighted by atomic mass is 9.47. The summed E-state index contributed by atoms with van der Waals surface area (Å²) in [5.74, 6) is 2.46. The van der Waals surface area contributed by atoms with Crippen molar-refractivity contribution in [3.8, 4) is 0 Å². The highest BCUT2D eigenvalue weighted by molar-refractivity contribution is 6.13. The Morgan fingerprint density at radius 2 is 1.12 bits per heavy atom. The van der Waals surface area contributed by atoms with Gasteiger partial charge in [-0.15, -0.1) is 0 Å². The molecular formula is C22H22N4. The molecule has 2 aromatic carbocycles. The Labute approximate surface area is 153 Å². The van der Waals surface area contributed by atoms with Gasteiger partial charge in [-0.1, -0.05) is 36.4 Å². The molecule has 0 saturated carbocycles. The van der Waals surface area contributed by atoms with Crippen molar-refractivity contribution in [2.24, 2.45) is 9.98 Å². The summed E-state index contributed by atoms with van der Waals surface area (Å²) in [6.07, 6.45) is 2.16. The lowest BCUT2D eigenvalue weighted by molar-refractivity contribution is 0.179. The van der Waals surface area contributed by atoms with Crippen LogP contribution in [0.2, 0.25) is 0 Å². The molecule has 4 heteroatoms. The highest BCUT2D eigenvalue weighted by atomic mass is 15.3. The molecule has 2 unspecified atom stereocenters. The van der Waals surface area contributed by atoms with E-state index in [0.717, 1.165) is 37.3 Å². The highest BCUT2D eigenvalue weighted by Crippen LogP contribution is 2.63. The van der Waals surface area contributed by atoms with Gasteiger partial charge >= 0.3 is 0 Å². The number of hydrogen-bond donors (Lipinski definition) is 0. The second kappa shape index (κ2) is 4.56. The van der Waals surface area contributed by atoms with E-state index in [1.807, 2.05) is 0 Å². The van der Waals surface area contributed by atoms with Gasteiger partial charge in [0.15, 0.2) is 0 Å². The third kappa shape index (κ3) is 1.37. The molecule has 4 heterocycles. The van der Waals surface area contributed by atoms with Crippen molar-refractivity contribution in [3.63, 3.8) is 0 Å². The lowest BCUT2D eigenvalue weighted by Crippen LogP contribution is -2.73. The van der Waals surface area contributed by atoms with Crippen LogP contribution >= 0.6 is 0 Å². The molecule has 4 aliphatic rings. The summed E-state index contributed by atoms with van der Waals surface area (Å²) < 4.78 is 0. The van der Waals surface area contributed by atoms with Gasteiger partial charge in [-0.3, -0.25) is 0 Å². The predicted octanol–water partition coefficient (Wildman–Crippen LogP) is 3.62. The van der Waals surface area contributed by atoms with Crippen LogP contribution in [0, 0.1) is 0 Å². The van der Waals surface area contributed by atoms with Crippen LogP contribution in [-0.4, -0.2) is 48.7 Å². The molecule has 6 rings (SSSR count). The molecule has 0 amide bonds. The van der Waals surface area contributed by atoms with E-state index in [1.54, 1.807) is 0 Å². The van der Waals surface area contributed by atoms with Crippen LogP contribution in [0.5, 0.6) is 0 Å². The van der Waals surface area contributed by atoms with E-state index in [4.69, 9.17) is 9.98 Å². The van der Waals surface area contributed by atoms with Crippen LogP contribution in [0.4, 0.5) is 11.4 Å². The van der Waals surface area contributed by atoms with E-state index in [2.05, 4.69) is 72.4 Å². The SMILES string of the molecule is CN1CCC23C4=Nc5ccccc5C2(CCN4C)C1=Nc1ccccc13. The number of hydrogen-bond acceptors (Lipinski definition) is 4. The average Bonchev–Trinajstić information content (AvgIpc) is 2.67. The Hall–Kier alpha value is -2.62. The average molecular weight is 342 g/mol. The molecule has 2 saturated heterocycles. The van der Waals surface area contributed by atoms with E-state index in [-0.39, 0.29) is 10.8 Å². The number of para-hydroxylation sites is 2. The van der Waals surface area contributed by atoms with Crippen LogP contribution in [0.15, 0.2) is 58.5 Å². The van der Waals surface area contributed by atoms with Gasteiger partial charge in [0, 0.05) is 27.2 Å². The van der Waals surface area contributed by atoms with Crippen molar-refractivity contribution in [1.29, 1.82) is 0 Å². The van der Waals surface area contributed by atoms with E-state index < -0.39 is 0 Å². The predicted molar refractivity (Wildman–Crippen MR) is 105 cm³/mol. The third-order valence-corrected chi connectivity index (χ3v) is 7.04. The van der Waals surface area contributed by atoms with Gasteiger partial charge in [0.2, 0.25) is 0 Å². The maximum Gasteiger partial charge on any atom is 0.117 e. The molecule has 2 aromatic rings. The molecule has 2 atom stereocenters. The first-order valence-corrected chi connectivity index (χ1v) is 9.48. The lowest BCUT2D eigenvalue weighted by Gasteiger charge is -2.64. The monoisotopic (exact) mass is 342 g/mol. The molecule has 26 heavy (non-hydrogen) atoms. The molecule has 0 N–H and O–H groups in total. The minimum absolute atomic E-state index is 0.103. The molecule has 4 bridgehead atoms. The van der Waals surface area contributed by atoms with Crippen molar-refractivity contribution < 1.29 is 0 Å². The molecule has 130 valence electrons. The quantitative estimate of drug-likeness (QED) is 0.732. The summed E-state index contributed by atoms with van der Waals surface area (Å²) in [5.41, 5.74) is 4.75. The van der Waals surface area contributed by atoms with Crippen molar-refractivity contribution in [3.05, 3.63) is 59.7 Å². The van der Waals surface area contributed by atoms with E-state index in [0.29, 0.717) is 0 Å². The molecule has 2 fully saturated rings. The van der Waals surface area contributed by atoms with Gasteiger partial charge in [-0.2, -0.15) is 0 Å². The Morgan fingerprint density at radius 1 is 0.692 bits per heavy atom. The number of rotatable bonds is 0. The van der Waals surface area contributed by atoms with Crippen molar-refractivity contribution >= 4 is 23.0 Å². The molecule has 0 aliphatic carbocycles. The van der Waals surface area contributed by atoms with Crippen LogP contribution in [0.3, 0.4) is 0 Å². The first-order chi connectivity index (χ1) is 12.7. The third-order valence-electron chi connectivity index (χ3n) is 7.04. The second-order valence-electron chi connectivity index (χ2n) is 8.06. The summed E-state index contributed by atoms with van der Waals surface area (Å²) in [5, 5.41) is 0. The zero-order valence-corrected chi connectivity index (χ0v) is 15.2. The number of benzene rings is 2. The Morgan fingerprint density at radius 3 is 1.58 bits per heavy atom. The van der Waals surface area contributed by atoms with E-state index in [1.165, 1.54) is 22.8 Å². The smallest absolute Gasteiger partial charge is 0.117 e. The van der Waals surface area contributed by atoms with Crippen molar-refractivity contribution in [1.82, 2.24) is 9.80 Å². The summed E-state index contributed by atoms with van der Waals surface area (Å²) >= 11 is 0. The van der Waals surface area contributed by atoms with Crippen molar-refractivity contribution in [2.75, 3.05) is 27.2 Å². The largest absolute Gasteiger partial charge is 0.362 e. The first kappa shape index (κ1) is 14.5. The van der Waals surface area contributed by atoms with Gasteiger partial charge in [-0.25, -0.2) is 9.98 Å². The number of aliphatic imine (C=N–C) groups is 2. The van der Waals surface area contributed by atoms with Crippen LogP contribution in [-0.2, 0) is 10.8 Å². The van der Waals surface area contributed by atoms with Gasteiger partial charge in [0.25, 0.3) is 0 Å². The van der Waals surface area contributed by atoms with Gasteiger partial charge in [0.05, 0.1) is 22.2 Å². The van der Waals surface area contributed by atoms with Gasteiger partial charge < -0.3 is 9.80 Å². The number of amidine groups is 2. The Balaban J connectivity index is 1.82. The topological polar surface area (TPSA) is 31.2 Å². The number of nitrogens with zero attached hydrogens (tertiary/aromatic N) is 4. The minimum atomic E-state index is -0.103. The summed E-state index contributed by atoms with van der Waals surface area (Å²) in [6.45, 7) is 2.04. The van der Waals surface area contributed by atoms with Crippen LogP contribution in [0.1, 0.15) is 24.0 Å². The van der Waals surface area contributed by atoms with Crippen LogP contribution < -0.4 is 0 Å². The maximum absolute atomic E-state index is 5.23. The molecule has 4 aliphatic heterocycles. The Kier molecular flexibility index (Phi) is 2.55. The number of likely N-dealkylation sites (tertiary alicyclic amines) is 2. The molecule has 0 spiro atoms. The number of likely N-dealkylation sites (N-methyl/N-ethyl adjacent to an activating group) is 2. The normalized spacial score (nSPS) is 30.7. The van der Waals surface area contributed by atoms with E-state index >= 15 is 0 Å². The van der Waals surface area contributed by atoms with E-state index in [9.17, 15) is 0 Å². The Bertz CT molecular complexity index is 925. The zero-order chi connectivity index (χ0) is 17.5. The fraction of sp³-hybridized carbons (Fsp3) is 0.364. The molecule has 4 nitrogen and oxygen atoms in total. The molecule has 0 radical (unpaired) electrons. The van der Waals surface area contributed by atoms with Gasteiger partial charge in [-0.05, 0) is 36.1 Å². The summed E-state index contributed by atoms with van der Waals surface area (Å²) in [4.78, 5) is 15.2. The second-order valence-corrected chi connectivity index (χ2v) is 8.06. The number of fused-ring (bicyclic) bond motifs is 2. The summed E-state index contributed by atoms with van der Waals surface area (Å²) in [7, 11) is 4.41. The summed E-state index contributed by atoms with van der Waals surface area (Å²) in [6, 6.07) is 17.4. The minimum Gasteiger partial charge on any atom is -0.362 e. The zero-order valence-electron chi connectivity index (χ0n) is 15.2. The first-order valence-electron chi connectivity index (χ1n) is 9.48. The molecule has 0 aromatic heterocycles. The fourth-order valence-electron chi connectivity index (χ4n) is 5.99. The maximum atomic E-state index is 5.23.